The molecule has 20 heavy (non-hydrogen) atoms. The van der Waals surface area contributed by atoms with E-state index in [2.05, 4.69) is 15.2 Å². The number of benzene rings is 1. The fourth-order valence-electron chi connectivity index (χ4n) is 1.86. The lowest BCUT2D eigenvalue weighted by Gasteiger charge is -2.07. The van der Waals surface area contributed by atoms with E-state index in [1.807, 2.05) is 13.0 Å². The average molecular weight is 290 g/mol. The third-order valence-electron chi connectivity index (χ3n) is 2.92. The number of hydrogen-bond acceptors (Lipinski definition) is 5. The monoisotopic (exact) mass is 289 g/mol. The van der Waals surface area contributed by atoms with Gasteiger partial charge >= 0.3 is 0 Å². The highest BCUT2D eigenvalue weighted by Gasteiger charge is 2.10. The Morgan fingerprint density at radius 3 is 2.95 bits per heavy atom. The van der Waals surface area contributed by atoms with E-state index in [1.165, 1.54) is 0 Å². The number of aryl methyl sites for hydroxylation is 1. The molecule has 0 aliphatic carbocycles. The molecule has 2 aromatic heterocycles. The highest BCUT2D eigenvalue weighted by molar-refractivity contribution is 6.31. The second-order valence-electron chi connectivity index (χ2n) is 4.23. The number of ether oxygens (including phenoxy) is 1. The van der Waals surface area contributed by atoms with E-state index >= 15 is 0 Å². The standard InChI is InChI=1S/C13H12ClN5O/c1-8-17-18-12-13(16-4-5-19(8)12)20-10-3-2-9(7-15)11(14)6-10/h2-6H,7,15H2,1H3. The molecule has 0 radical (unpaired) electrons. The average Bonchev–Trinajstić information content (AvgIpc) is 2.82. The summed E-state index contributed by atoms with van der Waals surface area (Å²) in [5, 5.41) is 8.60. The molecule has 3 rings (SSSR count). The molecule has 2 N–H and O–H groups in total. The Kier molecular flexibility index (Phi) is 3.25. The van der Waals surface area contributed by atoms with Gasteiger partial charge in [-0.3, -0.25) is 4.40 Å². The Labute approximate surface area is 120 Å². The number of nitrogens with zero attached hydrogens (tertiary/aromatic N) is 4. The maximum Gasteiger partial charge on any atom is 0.265 e. The van der Waals surface area contributed by atoms with Crippen molar-refractivity contribution in [2.45, 2.75) is 13.5 Å². The molecule has 0 spiro atoms. The van der Waals surface area contributed by atoms with Gasteiger partial charge in [0.1, 0.15) is 11.6 Å². The summed E-state index contributed by atoms with van der Waals surface area (Å²) in [4.78, 5) is 4.17. The van der Waals surface area contributed by atoms with Crippen LogP contribution in [0.4, 0.5) is 0 Å². The number of rotatable bonds is 3. The van der Waals surface area contributed by atoms with Gasteiger partial charge < -0.3 is 10.5 Å². The summed E-state index contributed by atoms with van der Waals surface area (Å²) in [6.07, 6.45) is 3.41. The molecule has 0 aliphatic rings. The van der Waals surface area contributed by atoms with Gasteiger partial charge in [0.15, 0.2) is 0 Å². The summed E-state index contributed by atoms with van der Waals surface area (Å²) in [6.45, 7) is 2.24. The Hall–Kier alpha value is -2.18. The van der Waals surface area contributed by atoms with E-state index in [0.29, 0.717) is 28.8 Å². The molecule has 0 saturated carbocycles. The third-order valence-corrected chi connectivity index (χ3v) is 3.28. The Bertz CT molecular complexity index is 771. The van der Waals surface area contributed by atoms with Gasteiger partial charge in [-0.15, -0.1) is 10.2 Å². The second-order valence-corrected chi connectivity index (χ2v) is 4.64. The minimum absolute atomic E-state index is 0.379. The zero-order chi connectivity index (χ0) is 14.1. The van der Waals surface area contributed by atoms with Crippen molar-refractivity contribution in [2.24, 2.45) is 5.73 Å². The van der Waals surface area contributed by atoms with Crippen molar-refractivity contribution in [3.05, 3.63) is 47.0 Å². The highest BCUT2D eigenvalue weighted by atomic mass is 35.5. The molecule has 6 nitrogen and oxygen atoms in total. The lowest BCUT2D eigenvalue weighted by atomic mass is 10.2. The number of halogens is 1. The largest absolute Gasteiger partial charge is 0.436 e. The Morgan fingerprint density at radius 1 is 1.35 bits per heavy atom. The molecule has 0 unspecified atom stereocenters. The first kappa shape index (κ1) is 12.8. The van der Waals surface area contributed by atoms with Crippen molar-refractivity contribution < 1.29 is 4.74 Å². The Morgan fingerprint density at radius 2 is 2.20 bits per heavy atom. The first-order valence-electron chi connectivity index (χ1n) is 6.01. The van der Waals surface area contributed by atoms with Crippen molar-refractivity contribution in [3.63, 3.8) is 0 Å². The van der Waals surface area contributed by atoms with Crippen molar-refractivity contribution in [1.29, 1.82) is 0 Å². The predicted molar refractivity (Wildman–Crippen MR) is 74.9 cm³/mol. The van der Waals surface area contributed by atoms with Crippen LogP contribution in [0.15, 0.2) is 30.6 Å². The van der Waals surface area contributed by atoms with Crippen LogP contribution in [0.2, 0.25) is 5.02 Å². The zero-order valence-corrected chi connectivity index (χ0v) is 11.5. The maximum atomic E-state index is 6.10. The normalized spacial score (nSPS) is 10.9. The van der Waals surface area contributed by atoms with Crippen LogP contribution in [-0.2, 0) is 6.54 Å². The molecule has 0 amide bonds. The molecule has 0 atom stereocenters. The summed E-state index contributed by atoms with van der Waals surface area (Å²) >= 11 is 6.10. The summed E-state index contributed by atoms with van der Waals surface area (Å²) in [7, 11) is 0. The fraction of sp³-hybridized carbons (Fsp3) is 0.154. The van der Waals surface area contributed by atoms with Crippen LogP contribution < -0.4 is 10.5 Å². The fourth-order valence-corrected chi connectivity index (χ4v) is 2.11. The molecule has 0 fully saturated rings. The molecule has 1 aromatic carbocycles. The molecule has 3 aromatic rings. The van der Waals surface area contributed by atoms with Crippen LogP contribution >= 0.6 is 11.6 Å². The Balaban J connectivity index is 1.99. The second kappa shape index (κ2) is 5.07. The van der Waals surface area contributed by atoms with Crippen molar-refractivity contribution in [3.8, 4) is 11.6 Å². The molecule has 0 bridgehead atoms. The van der Waals surface area contributed by atoms with E-state index in [9.17, 15) is 0 Å². The van der Waals surface area contributed by atoms with Crippen LogP contribution in [0.1, 0.15) is 11.4 Å². The van der Waals surface area contributed by atoms with E-state index in [1.54, 1.807) is 28.9 Å². The van der Waals surface area contributed by atoms with Gasteiger partial charge in [0, 0.05) is 24.0 Å². The molecule has 7 heteroatoms. The summed E-state index contributed by atoms with van der Waals surface area (Å²) in [5.74, 6) is 1.72. The van der Waals surface area contributed by atoms with Gasteiger partial charge in [-0.1, -0.05) is 17.7 Å². The number of hydrogen-bond donors (Lipinski definition) is 1. The first-order chi connectivity index (χ1) is 9.69. The van der Waals surface area contributed by atoms with Gasteiger partial charge in [0.05, 0.1) is 0 Å². The van der Waals surface area contributed by atoms with Crippen LogP contribution in [0.3, 0.4) is 0 Å². The summed E-state index contributed by atoms with van der Waals surface area (Å²) < 4.78 is 7.53. The van der Waals surface area contributed by atoms with Crippen molar-refractivity contribution in [1.82, 2.24) is 19.6 Å². The third kappa shape index (κ3) is 2.19. The van der Waals surface area contributed by atoms with E-state index < -0.39 is 0 Å². The molecule has 102 valence electrons. The summed E-state index contributed by atoms with van der Waals surface area (Å²) in [6, 6.07) is 5.33. The molecule has 2 heterocycles. The van der Waals surface area contributed by atoms with Gasteiger partial charge in [0.2, 0.25) is 5.65 Å². The number of fused-ring (bicyclic) bond motifs is 1. The van der Waals surface area contributed by atoms with Crippen LogP contribution in [-0.4, -0.2) is 19.6 Å². The first-order valence-corrected chi connectivity index (χ1v) is 6.39. The zero-order valence-electron chi connectivity index (χ0n) is 10.7. The minimum atomic E-state index is 0.379. The minimum Gasteiger partial charge on any atom is -0.436 e. The highest BCUT2D eigenvalue weighted by Crippen LogP contribution is 2.27. The molecular weight excluding hydrogens is 278 g/mol. The van der Waals surface area contributed by atoms with Crippen LogP contribution in [0.5, 0.6) is 11.6 Å². The summed E-state index contributed by atoms with van der Waals surface area (Å²) in [5.41, 5.74) is 6.99. The number of nitrogens with two attached hydrogens (primary N) is 1. The van der Waals surface area contributed by atoms with E-state index in [-0.39, 0.29) is 0 Å². The predicted octanol–water partition coefficient (Wildman–Crippen LogP) is 2.34. The molecule has 0 saturated heterocycles. The molecule has 0 aliphatic heterocycles. The lowest BCUT2D eigenvalue weighted by molar-refractivity contribution is 0.464. The van der Waals surface area contributed by atoms with E-state index in [4.69, 9.17) is 22.1 Å². The van der Waals surface area contributed by atoms with Gasteiger partial charge in [0.25, 0.3) is 5.88 Å². The van der Waals surface area contributed by atoms with Gasteiger partial charge in [-0.05, 0) is 24.6 Å². The number of aromatic nitrogens is 4. The molecular formula is C13H12ClN5O. The van der Waals surface area contributed by atoms with Crippen LogP contribution in [0, 0.1) is 6.92 Å². The van der Waals surface area contributed by atoms with Crippen molar-refractivity contribution >= 4 is 17.2 Å². The smallest absolute Gasteiger partial charge is 0.265 e. The SMILES string of the molecule is Cc1nnc2c(Oc3ccc(CN)c(Cl)c3)nccn12. The maximum absolute atomic E-state index is 6.10. The van der Waals surface area contributed by atoms with Gasteiger partial charge in [-0.25, -0.2) is 4.98 Å². The van der Waals surface area contributed by atoms with Crippen molar-refractivity contribution in [2.75, 3.05) is 0 Å². The van der Waals surface area contributed by atoms with Crippen LogP contribution in [0.25, 0.3) is 5.65 Å². The topological polar surface area (TPSA) is 78.3 Å². The quantitative estimate of drug-likeness (QED) is 0.800. The lowest BCUT2D eigenvalue weighted by Crippen LogP contribution is -1.98. The van der Waals surface area contributed by atoms with E-state index in [0.717, 1.165) is 11.4 Å². The van der Waals surface area contributed by atoms with Gasteiger partial charge in [-0.2, -0.15) is 0 Å².